The highest BCUT2D eigenvalue weighted by Crippen LogP contribution is 2.13. The van der Waals surface area contributed by atoms with E-state index in [0.29, 0.717) is 23.0 Å². The molecule has 0 fully saturated rings. The number of nitrogens with zero attached hydrogens (tertiary/aromatic N) is 3. The summed E-state index contributed by atoms with van der Waals surface area (Å²) in [5, 5.41) is 9.40. The fourth-order valence-corrected chi connectivity index (χ4v) is 2.84. The Hall–Kier alpha value is -3.28. The lowest BCUT2D eigenvalue weighted by molar-refractivity contribution is 0.0949. The standard InChI is InChI=1S/C20H20N4O2/c1-4-24-20(26)17-12-8-7-11-16(17)18(23-24)19(25)22-21-14(3)15-10-6-5-9-13(15)2/h5-12H,4H2,1-3H3,(H,22,25)/b21-14-. The minimum Gasteiger partial charge on any atom is -0.267 e. The van der Waals surface area contributed by atoms with Crippen LogP contribution in [0.3, 0.4) is 0 Å². The van der Waals surface area contributed by atoms with Gasteiger partial charge in [-0.1, -0.05) is 42.5 Å². The smallest absolute Gasteiger partial charge is 0.267 e. The van der Waals surface area contributed by atoms with Crippen LogP contribution in [-0.4, -0.2) is 21.4 Å². The Labute approximate surface area is 151 Å². The van der Waals surface area contributed by atoms with Crippen molar-refractivity contribution in [3.05, 3.63) is 75.7 Å². The van der Waals surface area contributed by atoms with E-state index >= 15 is 0 Å². The van der Waals surface area contributed by atoms with Crippen molar-refractivity contribution in [3.63, 3.8) is 0 Å². The predicted octanol–water partition coefficient (Wildman–Crippen LogP) is 2.88. The van der Waals surface area contributed by atoms with Crippen molar-refractivity contribution in [2.75, 3.05) is 0 Å². The van der Waals surface area contributed by atoms with Crippen LogP contribution >= 0.6 is 0 Å². The van der Waals surface area contributed by atoms with E-state index in [-0.39, 0.29) is 11.3 Å². The molecule has 6 nitrogen and oxygen atoms in total. The third-order valence-corrected chi connectivity index (χ3v) is 4.24. The van der Waals surface area contributed by atoms with Crippen molar-refractivity contribution in [2.45, 2.75) is 27.3 Å². The van der Waals surface area contributed by atoms with E-state index in [0.717, 1.165) is 11.1 Å². The largest absolute Gasteiger partial charge is 0.292 e. The van der Waals surface area contributed by atoms with Gasteiger partial charge in [-0.15, -0.1) is 0 Å². The fraction of sp³-hybridized carbons (Fsp3) is 0.200. The minimum atomic E-state index is -0.448. The summed E-state index contributed by atoms with van der Waals surface area (Å²) < 4.78 is 1.29. The fourth-order valence-electron chi connectivity index (χ4n) is 2.84. The molecule has 0 spiro atoms. The molecule has 1 aromatic heterocycles. The molecule has 0 aliphatic carbocycles. The van der Waals surface area contributed by atoms with Crippen molar-refractivity contribution < 1.29 is 4.79 Å². The average molecular weight is 348 g/mol. The van der Waals surface area contributed by atoms with E-state index < -0.39 is 5.91 Å². The first kappa shape index (κ1) is 17.5. The molecule has 1 amide bonds. The van der Waals surface area contributed by atoms with Crippen LogP contribution in [0.25, 0.3) is 10.8 Å². The van der Waals surface area contributed by atoms with Gasteiger partial charge in [0.25, 0.3) is 11.5 Å². The molecule has 0 aliphatic rings. The van der Waals surface area contributed by atoms with Gasteiger partial charge in [0, 0.05) is 17.5 Å². The average Bonchev–Trinajstić information content (AvgIpc) is 2.66. The molecular formula is C20H20N4O2. The van der Waals surface area contributed by atoms with Gasteiger partial charge in [-0.25, -0.2) is 10.1 Å². The first-order valence-electron chi connectivity index (χ1n) is 8.43. The zero-order valence-corrected chi connectivity index (χ0v) is 15.0. The van der Waals surface area contributed by atoms with Crippen molar-refractivity contribution in [3.8, 4) is 0 Å². The Morgan fingerprint density at radius 3 is 2.46 bits per heavy atom. The summed E-state index contributed by atoms with van der Waals surface area (Å²) in [7, 11) is 0. The Bertz CT molecular complexity index is 1070. The quantitative estimate of drug-likeness (QED) is 0.582. The molecule has 0 saturated carbocycles. The van der Waals surface area contributed by atoms with Crippen molar-refractivity contribution in [2.24, 2.45) is 5.10 Å². The van der Waals surface area contributed by atoms with E-state index in [1.165, 1.54) is 4.68 Å². The van der Waals surface area contributed by atoms with Crippen molar-refractivity contribution in [1.29, 1.82) is 0 Å². The zero-order chi connectivity index (χ0) is 18.7. The van der Waals surface area contributed by atoms with Crippen LogP contribution in [-0.2, 0) is 6.54 Å². The van der Waals surface area contributed by atoms with E-state index in [9.17, 15) is 9.59 Å². The molecule has 132 valence electrons. The van der Waals surface area contributed by atoms with E-state index in [4.69, 9.17) is 0 Å². The van der Waals surface area contributed by atoms with Crippen LogP contribution in [0.1, 0.15) is 35.5 Å². The molecule has 26 heavy (non-hydrogen) atoms. The number of aryl methyl sites for hydroxylation is 2. The number of hydrogen-bond acceptors (Lipinski definition) is 4. The number of hydrogen-bond donors (Lipinski definition) is 1. The molecule has 6 heteroatoms. The lowest BCUT2D eigenvalue weighted by Crippen LogP contribution is -2.29. The van der Waals surface area contributed by atoms with Gasteiger partial charge in [0.15, 0.2) is 5.69 Å². The predicted molar refractivity (Wildman–Crippen MR) is 103 cm³/mol. The number of carbonyl (C=O) groups is 1. The second-order valence-corrected chi connectivity index (χ2v) is 5.97. The zero-order valence-electron chi connectivity index (χ0n) is 15.0. The van der Waals surface area contributed by atoms with Gasteiger partial charge >= 0.3 is 0 Å². The maximum absolute atomic E-state index is 12.7. The van der Waals surface area contributed by atoms with Gasteiger partial charge in [0.2, 0.25) is 0 Å². The summed E-state index contributed by atoms with van der Waals surface area (Å²) in [6.07, 6.45) is 0. The molecule has 0 radical (unpaired) electrons. The van der Waals surface area contributed by atoms with Gasteiger partial charge in [-0.05, 0) is 32.4 Å². The van der Waals surface area contributed by atoms with Gasteiger partial charge in [-0.3, -0.25) is 9.59 Å². The molecule has 3 aromatic rings. The topological polar surface area (TPSA) is 76.3 Å². The Morgan fingerprint density at radius 1 is 1.12 bits per heavy atom. The maximum Gasteiger partial charge on any atom is 0.292 e. The normalized spacial score (nSPS) is 11.6. The number of hydrazone groups is 1. The number of benzene rings is 2. The first-order chi connectivity index (χ1) is 12.5. The highest BCUT2D eigenvalue weighted by atomic mass is 16.2. The highest BCUT2D eigenvalue weighted by Gasteiger charge is 2.16. The molecule has 0 atom stereocenters. The number of carbonyl (C=O) groups excluding carboxylic acids is 1. The van der Waals surface area contributed by atoms with Gasteiger partial charge < -0.3 is 0 Å². The number of aromatic nitrogens is 2. The van der Waals surface area contributed by atoms with E-state index in [1.54, 1.807) is 24.3 Å². The summed E-state index contributed by atoms with van der Waals surface area (Å²) in [5.41, 5.74) is 5.27. The highest BCUT2D eigenvalue weighted by molar-refractivity contribution is 6.06. The van der Waals surface area contributed by atoms with Crippen LogP contribution in [0, 0.1) is 6.92 Å². The Kier molecular flexibility index (Phi) is 4.93. The summed E-state index contributed by atoms with van der Waals surface area (Å²) in [6, 6.07) is 14.8. The maximum atomic E-state index is 12.7. The molecule has 1 N–H and O–H groups in total. The second-order valence-electron chi connectivity index (χ2n) is 5.97. The molecule has 2 aromatic carbocycles. The number of amides is 1. The van der Waals surface area contributed by atoms with Crippen LogP contribution < -0.4 is 11.0 Å². The SMILES string of the molecule is CCn1nc(C(=O)N/N=C(/C)c2ccccc2C)c2ccccc2c1=O. The number of fused-ring (bicyclic) bond motifs is 1. The third-order valence-electron chi connectivity index (χ3n) is 4.24. The summed E-state index contributed by atoms with van der Waals surface area (Å²) in [4.78, 5) is 25.0. The Morgan fingerprint density at radius 2 is 1.77 bits per heavy atom. The van der Waals surface area contributed by atoms with Gasteiger partial charge in [0.05, 0.1) is 11.1 Å². The summed E-state index contributed by atoms with van der Waals surface area (Å²) >= 11 is 0. The molecule has 0 saturated heterocycles. The minimum absolute atomic E-state index is 0.184. The lowest BCUT2D eigenvalue weighted by atomic mass is 10.1. The van der Waals surface area contributed by atoms with Crippen LogP contribution in [0.4, 0.5) is 0 Å². The van der Waals surface area contributed by atoms with E-state index in [1.807, 2.05) is 45.0 Å². The van der Waals surface area contributed by atoms with Gasteiger partial charge in [-0.2, -0.15) is 10.2 Å². The molecule has 3 rings (SSSR count). The second kappa shape index (κ2) is 7.31. The molecule has 0 bridgehead atoms. The molecule has 1 heterocycles. The molecule has 0 aliphatic heterocycles. The number of nitrogens with one attached hydrogen (secondary N) is 1. The number of rotatable bonds is 4. The van der Waals surface area contributed by atoms with Crippen LogP contribution in [0.15, 0.2) is 58.4 Å². The molecular weight excluding hydrogens is 328 g/mol. The summed E-state index contributed by atoms with van der Waals surface area (Å²) in [6.45, 7) is 6.02. The van der Waals surface area contributed by atoms with Crippen LogP contribution in [0.2, 0.25) is 0 Å². The Balaban J connectivity index is 1.98. The third kappa shape index (κ3) is 3.26. The van der Waals surface area contributed by atoms with Gasteiger partial charge in [0.1, 0.15) is 0 Å². The summed E-state index contributed by atoms with van der Waals surface area (Å²) in [5.74, 6) is -0.448. The monoisotopic (exact) mass is 348 g/mol. The molecule has 0 unspecified atom stereocenters. The first-order valence-corrected chi connectivity index (χ1v) is 8.43. The van der Waals surface area contributed by atoms with Crippen molar-refractivity contribution >= 4 is 22.4 Å². The van der Waals surface area contributed by atoms with Crippen LogP contribution in [0.5, 0.6) is 0 Å². The van der Waals surface area contributed by atoms with E-state index in [2.05, 4.69) is 15.6 Å². The van der Waals surface area contributed by atoms with Crippen molar-refractivity contribution in [1.82, 2.24) is 15.2 Å². The lowest BCUT2D eigenvalue weighted by Gasteiger charge is -2.09.